The fourth-order valence-electron chi connectivity index (χ4n) is 5.59. The quantitative estimate of drug-likeness (QED) is 0.193. The summed E-state index contributed by atoms with van der Waals surface area (Å²) in [5.74, 6) is 0. The topological polar surface area (TPSA) is 0 Å². The molecule has 0 saturated heterocycles. The molecule has 0 N–H and O–H groups in total. The second-order valence-corrected chi connectivity index (χ2v) is 8.56. The van der Waals surface area contributed by atoms with E-state index >= 15 is 0 Å². The Morgan fingerprint density at radius 3 is 1.55 bits per heavy atom. The molecule has 0 aliphatic rings. The van der Waals surface area contributed by atoms with Crippen molar-refractivity contribution >= 4 is 53.9 Å². The van der Waals surface area contributed by atoms with Gasteiger partial charge < -0.3 is 0 Å². The minimum atomic E-state index is 1.31. The molecule has 0 unspecified atom stereocenters. The van der Waals surface area contributed by atoms with Gasteiger partial charge in [-0.15, -0.1) is 0 Å². The lowest BCUT2D eigenvalue weighted by atomic mass is 9.85. The van der Waals surface area contributed by atoms with Crippen LogP contribution in [0.2, 0.25) is 0 Å². The van der Waals surface area contributed by atoms with Crippen LogP contribution in [0.25, 0.3) is 65.0 Å². The molecule has 7 aromatic rings. The maximum Gasteiger partial charge on any atom is -0.00204 e. The third-order valence-electron chi connectivity index (χ3n) is 7.00. The van der Waals surface area contributed by atoms with Gasteiger partial charge in [0.05, 0.1) is 0 Å². The zero-order valence-electron chi connectivity index (χ0n) is 17.3. The number of hydrogen-bond donors (Lipinski definition) is 0. The van der Waals surface area contributed by atoms with E-state index in [-0.39, 0.29) is 0 Å². The Morgan fingerprint density at radius 1 is 0.387 bits per heavy atom. The SMILES string of the molecule is Cc1c2ccccc2c(-c2ccc3ccc4cccc5ccc2c3c45)c2ccccc12. The van der Waals surface area contributed by atoms with Crippen LogP contribution in [0.15, 0.2) is 103 Å². The van der Waals surface area contributed by atoms with Gasteiger partial charge in [-0.3, -0.25) is 0 Å². The van der Waals surface area contributed by atoms with E-state index in [2.05, 4.69) is 110 Å². The molecule has 0 aliphatic heterocycles. The Morgan fingerprint density at radius 2 is 0.903 bits per heavy atom. The van der Waals surface area contributed by atoms with Crippen molar-refractivity contribution in [3.05, 3.63) is 109 Å². The van der Waals surface area contributed by atoms with E-state index in [9.17, 15) is 0 Å². The fourth-order valence-corrected chi connectivity index (χ4v) is 5.59. The first kappa shape index (κ1) is 16.8. The summed E-state index contributed by atoms with van der Waals surface area (Å²) in [6.07, 6.45) is 0. The van der Waals surface area contributed by atoms with Gasteiger partial charge in [0, 0.05) is 0 Å². The van der Waals surface area contributed by atoms with E-state index in [4.69, 9.17) is 0 Å². The molecule has 0 heterocycles. The molecule has 144 valence electrons. The molecule has 0 spiro atoms. The molecule has 0 amide bonds. The molecule has 0 heteroatoms. The largest absolute Gasteiger partial charge is 0.0616 e. The zero-order valence-corrected chi connectivity index (χ0v) is 17.3. The number of rotatable bonds is 1. The number of hydrogen-bond acceptors (Lipinski definition) is 0. The van der Waals surface area contributed by atoms with Gasteiger partial charge in [-0.1, -0.05) is 103 Å². The predicted molar refractivity (Wildman–Crippen MR) is 135 cm³/mol. The van der Waals surface area contributed by atoms with Crippen LogP contribution in [0, 0.1) is 6.92 Å². The third-order valence-corrected chi connectivity index (χ3v) is 7.00. The van der Waals surface area contributed by atoms with E-state index in [0.717, 1.165) is 0 Å². The fraction of sp³-hybridized carbons (Fsp3) is 0.0323. The lowest BCUT2D eigenvalue weighted by Gasteiger charge is -2.18. The van der Waals surface area contributed by atoms with Gasteiger partial charge >= 0.3 is 0 Å². The summed E-state index contributed by atoms with van der Waals surface area (Å²) >= 11 is 0. The van der Waals surface area contributed by atoms with Crippen LogP contribution >= 0.6 is 0 Å². The highest BCUT2D eigenvalue weighted by Gasteiger charge is 2.17. The standard InChI is InChI=1S/C31H20/c1-19-23-9-2-4-11-25(23)31(26-12-5-3-10-24(19)26)28-18-16-22-14-13-20-7-6-8-21-15-17-27(28)30(22)29(20)21/h2-18H,1H3. The second-order valence-electron chi connectivity index (χ2n) is 8.56. The van der Waals surface area contributed by atoms with Crippen molar-refractivity contribution in [1.82, 2.24) is 0 Å². The Hall–Kier alpha value is -3.90. The van der Waals surface area contributed by atoms with E-state index in [0.29, 0.717) is 0 Å². The minimum Gasteiger partial charge on any atom is -0.0616 e. The molecule has 0 aromatic heterocycles. The number of benzene rings is 7. The van der Waals surface area contributed by atoms with Gasteiger partial charge in [-0.05, 0) is 77.5 Å². The average Bonchev–Trinajstić information content (AvgIpc) is 2.83. The van der Waals surface area contributed by atoms with Crippen LogP contribution in [0.5, 0.6) is 0 Å². The Bertz CT molecular complexity index is 1710. The molecule has 7 aromatic carbocycles. The molecular formula is C31H20. The molecule has 0 radical (unpaired) electrons. The first-order chi connectivity index (χ1) is 15.3. The molecule has 0 bridgehead atoms. The summed E-state index contributed by atoms with van der Waals surface area (Å²) in [5, 5.41) is 13.3. The van der Waals surface area contributed by atoms with E-state index in [1.54, 1.807) is 0 Å². The molecule has 0 fully saturated rings. The molecule has 0 nitrogen and oxygen atoms in total. The van der Waals surface area contributed by atoms with Crippen LogP contribution in [0.1, 0.15) is 5.56 Å². The molecule has 0 aliphatic carbocycles. The van der Waals surface area contributed by atoms with E-state index in [1.807, 2.05) is 0 Å². The monoisotopic (exact) mass is 392 g/mol. The van der Waals surface area contributed by atoms with Crippen molar-refractivity contribution < 1.29 is 0 Å². The lowest BCUT2D eigenvalue weighted by Crippen LogP contribution is -1.91. The van der Waals surface area contributed by atoms with Crippen molar-refractivity contribution in [1.29, 1.82) is 0 Å². The lowest BCUT2D eigenvalue weighted by molar-refractivity contribution is 1.58. The van der Waals surface area contributed by atoms with Gasteiger partial charge in [0.2, 0.25) is 0 Å². The van der Waals surface area contributed by atoms with Crippen LogP contribution in [-0.2, 0) is 0 Å². The van der Waals surface area contributed by atoms with Crippen LogP contribution in [0.4, 0.5) is 0 Å². The first-order valence-electron chi connectivity index (χ1n) is 10.9. The van der Waals surface area contributed by atoms with Crippen LogP contribution in [-0.4, -0.2) is 0 Å². The maximum atomic E-state index is 2.32. The second kappa shape index (κ2) is 6.06. The Kier molecular flexibility index (Phi) is 3.29. The molecule has 7 rings (SSSR count). The van der Waals surface area contributed by atoms with Gasteiger partial charge in [0.15, 0.2) is 0 Å². The highest BCUT2D eigenvalue weighted by atomic mass is 14.2. The van der Waals surface area contributed by atoms with Crippen molar-refractivity contribution in [3.63, 3.8) is 0 Å². The number of fused-ring (bicyclic) bond motifs is 2. The van der Waals surface area contributed by atoms with Crippen molar-refractivity contribution in [2.75, 3.05) is 0 Å². The summed E-state index contributed by atoms with van der Waals surface area (Å²) in [5.41, 5.74) is 4.01. The van der Waals surface area contributed by atoms with Gasteiger partial charge in [0.1, 0.15) is 0 Å². The van der Waals surface area contributed by atoms with E-state index < -0.39 is 0 Å². The molecule has 31 heavy (non-hydrogen) atoms. The number of aryl methyl sites for hydroxylation is 1. The smallest absolute Gasteiger partial charge is 0.00204 e. The van der Waals surface area contributed by atoms with Gasteiger partial charge in [0.25, 0.3) is 0 Å². The highest BCUT2D eigenvalue weighted by Crippen LogP contribution is 2.44. The normalized spacial score (nSPS) is 12.0. The highest BCUT2D eigenvalue weighted by molar-refractivity contribution is 6.28. The van der Waals surface area contributed by atoms with E-state index in [1.165, 1.54) is 70.6 Å². The third kappa shape index (κ3) is 2.20. The van der Waals surface area contributed by atoms with Crippen molar-refractivity contribution in [2.45, 2.75) is 6.92 Å². The van der Waals surface area contributed by atoms with Crippen LogP contribution < -0.4 is 0 Å². The zero-order chi connectivity index (χ0) is 20.5. The average molecular weight is 393 g/mol. The Labute approximate surface area is 180 Å². The molecular weight excluding hydrogens is 372 g/mol. The predicted octanol–water partition coefficient (Wildman–Crippen LogP) is 8.87. The maximum absolute atomic E-state index is 2.32. The summed E-state index contributed by atoms with van der Waals surface area (Å²) in [4.78, 5) is 0. The van der Waals surface area contributed by atoms with Gasteiger partial charge in [-0.2, -0.15) is 0 Å². The summed E-state index contributed by atoms with van der Waals surface area (Å²) in [6, 6.07) is 38.1. The first-order valence-corrected chi connectivity index (χ1v) is 10.9. The molecule has 0 saturated carbocycles. The van der Waals surface area contributed by atoms with Crippen LogP contribution in [0.3, 0.4) is 0 Å². The Balaban J connectivity index is 1.75. The minimum absolute atomic E-state index is 1.31. The van der Waals surface area contributed by atoms with Gasteiger partial charge in [-0.25, -0.2) is 0 Å². The summed E-state index contributed by atoms with van der Waals surface area (Å²) in [7, 11) is 0. The summed E-state index contributed by atoms with van der Waals surface area (Å²) in [6.45, 7) is 2.25. The summed E-state index contributed by atoms with van der Waals surface area (Å²) < 4.78 is 0. The van der Waals surface area contributed by atoms with Crippen molar-refractivity contribution in [2.24, 2.45) is 0 Å². The van der Waals surface area contributed by atoms with Crippen molar-refractivity contribution in [3.8, 4) is 11.1 Å². The molecule has 0 atom stereocenters.